The van der Waals surface area contributed by atoms with Crippen molar-refractivity contribution >= 4 is 28.9 Å². The van der Waals surface area contributed by atoms with Gasteiger partial charge in [-0.1, -0.05) is 11.6 Å². The molecule has 146 valence electrons. The van der Waals surface area contributed by atoms with E-state index in [0.717, 1.165) is 0 Å². The van der Waals surface area contributed by atoms with Gasteiger partial charge in [-0.3, -0.25) is 10.1 Å². The average Bonchev–Trinajstić information content (AvgIpc) is 3.20. The largest absolute Gasteiger partial charge is 0.493 e. The van der Waals surface area contributed by atoms with Gasteiger partial charge >= 0.3 is 0 Å². The molecule has 0 fully saturated rings. The number of hydrogen-bond donors (Lipinski definition) is 0. The van der Waals surface area contributed by atoms with Crippen molar-refractivity contribution in [1.29, 1.82) is 5.26 Å². The van der Waals surface area contributed by atoms with Crippen LogP contribution in [0.4, 0.5) is 5.69 Å². The fourth-order valence-corrected chi connectivity index (χ4v) is 2.90. The third-order valence-corrected chi connectivity index (χ3v) is 4.48. The van der Waals surface area contributed by atoms with Crippen LogP contribution in [0.25, 0.3) is 23.0 Å². The maximum Gasteiger partial charge on any atom is 0.288 e. The molecule has 0 N–H and O–H groups in total. The summed E-state index contributed by atoms with van der Waals surface area (Å²) in [5.74, 6) is 1.89. The predicted octanol–water partition coefficient (Wildman–Crippen LogP) is 5.59. The van der Waals surface area contributed by atoms with Gasteiger partial charge in [-0.15, -0.1) is 0 Å². The quantitative estimate of drug-likeness (QED) is 0.298. The highest BCUT2D eigenvalue weighted by molar-refractivity contribution is 6.32. The zero-order chi connectivity index (χ0) is 21.0. The van der Waals surface area contributed by atoms with Gasteiger partial charge in [-0.05, 0) is 54.1 Å². The first-order chi connectivity index (χ1) is 14.0. The molecule has 0 bridgehead atoms. The van der Waals surface area contributed by atoms with Crippen LogP contribution in [0.5, 0.6) is 11.5 Å². The van der Waals surface area contributed by atoms with Crippen molar-refractivity contribution < 1.29 is 18.8 Å². The summed E-state index contributed by atoms with van der Waals surface area (Å²) in [7, 11) is 3.05. The number of nitrogens with zero attached hydrogens (tertiary/aromatic N) is 2. The van der Waals surface area contributed by atoms with Gasteiger partial charge in [0.15, 0.2) is 11.5 Å². The van der Waals surface area contributed by atoms with Crippen LogP contribution in [0.3, 0.4) is 0 Å². The standard InChI is InChI=1S/C21H15ClN2O5/c1-27-20-7-4-13(11-21(20)28-2)15(12-23)9-16-5-8-19(29-16)14-3-6-17(22)18(10-14)24(25)26/h3-11H,1-2H3/b15-9+. The highest BCUT2D eigenvalue weighted by Crippen LogP contribution is 2.33. The molecule has 2 aromatic carbocycles. The second kappa shape index (κ2) is 8.50. The Kier molecular flexibility index (Phi) is 5.86. The Hall–Kier alpha value is -3.76. The molecule has 0 radical (unpaired) electrons. The Bertz CT molecular complexity index is 1140. The Morgan fingerprint density at radius 3 is 2.55 bits per heavy atom. The van der Waals surface area contributed by atoms with Gasteiger partial charge in [0.2, 0.25) is 0 Å². The van der Waals surface area contributed by atoms with Crippen LogP contribution in [0, 0.1) is 21.4 Å². The monoisotopic (exact) mass is 410 g/mol. The smallest absolute Gasteiger partial charge is 0.288 e. The summed E-state index contributed by atoms with van der Waals surface area (Å²) in [6.45, 7) is 0. The van der Waals surface area contributed by atoms with E-state index in [1.807, 2.05) is 0 Å². The number of methoxy groups -OCH3 is 2. The summed E-state index contributed by atoms with van der Waals surface area (Å²) in [5, 5.41) is 20.7. The highest BCUT2D eigenvalue weighted by atomic mass is 35.5. The van der Waals surface area contributed by atoms with Crippen molar-refractivity contribution in [3.63, 3.8) is 0 Å². The molecule has 7 nitrogen and oxygen atoms in total. The summed E-state index contributed by atoms with van der Waals surface area (Å²) in [6.07, 6.45) is 1.58. The fourth-order valence-electron chi connectivity index (χ4n) is 2.72. The lowest BCUT2D eigenvalue weighted by Gasteiger charge is -2.08. The van der Waals surface area contributed by atoms with Gasteiger partial charge in [0, 0.05) is 11.6 Å². The van der Waals surface area contributed by atoms with E-state index in [1.54, 1.807) is 42.5 Å². The number of ether oxygens (including phenoxy) is 2. The molecular weight excluding hydrogens is 396 g/mol. The number of hydrogen-bond acceptors (Lipinski definition) is 6. The summed E-state index contributed by atoms with van der Waals surface area (Å²) < 4.78 is 16.2. The first kappa shape index (κ1) is 20.0. The van der Waals surface area contributed by atoms with Crippen molar-refractivity contribution in [2.24, 2.45) is 0 Å². The molecule has 3 rings (SSSR count). The maximum atomic E-state index is 11.1. The zero-order valence-corrected chi connectivity index (χ0v) is 16.3. The SMILES string of the molecule is COc1ccc(/C(C#N)=C/c2ccc(-c3ccc(Cl)c([N+](=O)[O-])c3)o2)cc1OC. The number of nitro benzene ring substituents is 1. The van der Waals surface area contributed by atoms with E-state index in [2.05, 4.69) is 6.07 Å². The molecule has 0 saturated carbocycles. The number of nitro groups is 1. The number of furan rings is 1. The molecule has 0 aliphatic heterocycles. The number of rotatable bonds is 6. The lowest BCUT2D eigenvalue weighted by Crippen LogP contribution is -1.92. The van der Waals surface area contributed by atoms with Crippen LogP contribution in [0.2, 0.25) is 5.02 Å². The van der Waals surface area contributed by atoms with E-state index in [-0.39, 0.29) is 10.7 Å². The van der Waals surface area contributed by atoms with E-state index in [0.29, 0.717) is 39.7 Å². The predicted molar refractivity (Wildman–Crippen MR) is 109 cm³/mol. The van der Waals surface area contributed by atoms with Crippen molar-refractivity contribution in [2.45, 2.75) is 0 Å². The van der Waals surface area contributed by atoms with Crippen molar-refractivity contribution in [2.75, 3.05) is 14.2 Å². The molecule has 0 aliphatic rings. The van der Waals surface area contributed by atoms with E-state index >= 15 is 0 Å². The van der Waals surface area contributed by atoms with Crippen LogP contribution >= 0.6 is 11.6 Å². The molecule has 1 heterocycles. The second-order valence-electron chi connectivity index (χ2n) is 5.86. The van der Waals surface area contributed by atoms with Crippen LogP contribution in [-0.4, -0.2) is 19.1 Å². The minimum atomic E-state index is -0.555. The van der Waals surface area contributed by atoms with E-state index in [4.69, 9.17) is 25.5 Å². The number of nitriles is 1. The van der Waals surface area contributed by atoms with Gasteiger partial charge in [0.05, 0.1) is 30.8 Å². The van der Waals surface area contributed by atoms with E-state index in [9.17, 15) is 15.4 Å². The molecule has 0 unspecified atom stereocenters. The Morgan fingerprint density at radius 2 is 1.90 bits per heavy atom. The lowest BCUT2D eigenvalue weighted by atomic mass is 10.1. The fraction of sp³-hybridized carbons (Fsp3) is 0.0952. The van der Waals surface area contributed by atoms with Crippen LogP contribution in [0.1, 0.15) is 11.3 Å². The average molecular weight is 411 g/mol. The normalized spacial score (nSPS) is 11.0. The molecular formula is C21H15ClN2O5. The lowest BCUT2D eigenvalue weighted by molar-refractivity contribution is -0.384. The van der Waals surface area contributed by atoms with Crippen molar-refractivity contribution in [3.05, 3.63) is 75.0 Å². The second-order valence-corrected chi connectivity index (χ2v) is 6.27. The van der Waals surface area contributed by atoms with Crippen LogP contribution in [0.15, 0.2) is 52.9 Å². The Morgan fingerprint density at radius 1 is 1.14 bits per heavy atom. The maximum absolute atomic E-state index is 11.1. The highest BCUT2D eigenvalue weighted by Gasteiger charge is 2.15. The third kappa shape index (κ3) is 4.23. The van der Waals surface area contributed by atoms with Gasteiger partial charge in [-0.25, -0.2) is 0 Å². The minimum Gasteiger partial charge on any atom is -0.493 e. The summed E-state index contributed by atoms with van der Waals surface area (Å²) >= 11 is 5.85. The molecule has 0 spiro atoms. The third-order valence-electron chi connectivity index (χ3n) is 4.16. The van der Waals surface area contributed by atoms with Gasteiger partial charge in [-0.2, -0.15) is 5.26 Å². The van der Waals surface area contributed by atoms with Crippen molar-refractivity contribution in [1.82, 2.24) is 0 Å². The molecule has 8 heteroatoms. The zero-order valence-electron chi connectivity index (χ0n) is 15.5. The van der Waals surface area contributed by atoms with Gasteiger partial charge < -0.3 is 13.9 Å². The van der Waals surface area contributed by atoms with Gasteiger partial charge in [0.1, 0.15) is 16.5 Å². The molecule has 1 aromatic heterocycles. The minimum absolute atomic E-state index is 0.0469. The number of benzene rings is 2. The summed E-state index contributed by atoms with van der Waals surface area (Å²) in [5.41, 5.74) is 1.28. The number of allylic oxidation sites excluding steroid dienone is 1. The van der Waals surface area contributed by atoms with Crippen LogP contribution in [-0.2, 0) is 0 Å². The first-order valence-corrected chi connectivity index (χ1v) is 8.73. The molecule has 0 atom stereocenters. The summed E-state index contributed by atoms with van der Waals surface area (Å²) in [6, 6.07) is 15.0. The van der Waals surface area contributed by atoms with E-state index < -0.39 is 4.92 Å². The van der Waals surface area contributed by atoms with Gasteiger partial charge in [0.25, 0.3) is 5.69 Å². The number of halogens is 1. The topological polar surface area (TPSA) is 98.5 Å². The molecule has 29 heavy (non-hydrogen) atoms. The molecule has 3 aromatic rings. The molecule has 0 saturated heterocycles. The van der Waals surface area contributed by atoms with E-state index in [1.165, 1.54) is 26.4 Å². The molecule has 0 aliphatic carbocycles. The summed E-state index contributed by atoms with van der Waals surface area (Å²) in [4.78, 5) is 10.5. The van der Waals surface area contributed by atoms with Crippen molar-refractivity contribution in [3.8, 4) is 28.9 Å². The molecule has 0 amide bonds. The Labute approximate surface area is 171 Å². The first-order valence-electron chi connectivity index (χ1n) is 8.35. The van der Waals surface area contributed by atoms with Crippen LogP contribution < -0.4 is 9.47 Å². The Balaban J connectivity index is 1.96.